The molecule has 3 atom stereocenters. The van der Waals surface area contributed by atoms with Crippen LogP contribution in [0.2, 0.25) is 0 Å². The molecular formula is C42H43F2N7O6. The number of hydrogen-bond acceptors (Lipinski definition) is 9. The maximum atomic E-state index is 16.4. The van der Waals surface area contributed by atoms with E-state index in [1.165, 1.54) is 7.11 Å². The van der Waals surface area contributed by atoms with Crippen LogP contribution in [0.5, 0.6) is 0 Å². The van der Waals surface area contributed by atoms with Crippen LogP contribution in [0.15, 0.2) is 60.8 Å². The van der Waals surface area contributed by atoms with Crippen LogP contribution in [-0.2, 0) is 29.7 Å². The van der Waals surface area contributed by atoms with Crippen LogP contribution >= 0.6 is 0 Å². The molecule has 13 nitrogen and oxygen atoms in total. The quantitative estimate of drug-likeness (QED) is 0.148. The first-order valence-corrected chi connectivity index (χ1v) is 19.7. The van der Waals surface area contributed by atoms with Crippen molar-refractivity contribution in [3.8, 4) is 33.5 Å². The Balaban J connectivity index is 0.937. The summed E-state index contributed by atoms with van der Waals surface area (Å²) in [7, 11) is 1.27. The molecule has 5 aromatic rings. The molecule has 0 radical (unpaired) electrons. The summed E-state index contributed by atoms with van der Waals surface area (Å²) in [6, 6.07) is 14.8. The van der Waals surface area contributed by atoms with Crippen LogP contribution < -0.4 is 10.6 Å². The van der Waals surface area contributed by atoms with Crippen LogP contribution in [0.25, 0.3) is 44.5 Å². The third kappa shape index (κ3) is 6.27. The second kappa shape index (κ2) is 14.0. The van der Waals surface area contributed by atoms with Gasteiger partial charge in [0.15, 0.2) is 5.79 Å². The largest absolute Gasteiger partial charge is 0.453 e. The van der Waals surface area contributed by atoms with Gasteiger partial charge in [0.05, 0.1) is 61.9 Å². The highest BCUT2D eigenvalue weighted by Crippen LogP contribution is 2.53. The van der Waals surface area contributed by atoms with Gasteiger partial charge in [0, 0.05) is 36.3 Å². The van der Waals surface area contributed by atoms with E-state index < -0.39 is 29.9 Å². The van der Waals surface area contributed by atoms with E-state index >= 15 is 8.78 Å². The Hall–Kier alpha value is -5.22. The summed E-state index contributed by atoms with van der Waals surface area (Å²) in [5.41, 5.74) is 5.04. The number of imidazole rings is 2. The van der Waals surface area contributed by atoms with Crippen LogP contribution in [-0.4, -0.2) is 95.3 Å². The van der Waals surface area contributed by atoms with Crippen molar-refractivity contribution in [3.05, 3.63) is 83.6 Å². The zero-order valence-electron chi connectivity index (χ0n) is 31.4. The monoisotopic (exact) mass is 779 g/mol. The lowest BCUT2D eigenvalue weighted by molar-refractivity contribution is -0.154. The Labute approximate surface area is 326 Å². The minimum absolute atomic E-state index is 0.0274. The third-order valence-corrected chi connectivity index (χ3v) is 12.3. The number of benzene rings is 3. The van der Waals surface area contributed by atoms with Gasteiger partial charge in [-0.25, -0.2) is 14.8 Å². The molecule has 5 aliphatic rings. The number of alkyl carbamates (subject to hydrolysis) is 1. The molecular weight excluding hydrogens is 737 g/mol. The molecule has 0 saturated carbocycles. The number of carbonyl (C=O) groups excluding carboxylic acids is 2. The van der Waals surface area contributed by atoms with E-state index in [-0.39, 0.29) is 35.5 Å². The molecule has 1 unspecified atom stereocenters. The zero-order chi connectivity index (χ0) is 38.9. The summed E-state index contributed by atoms with van der Waals surface area (Å²) in [6.45, 7) is 2.88. The number of aromatic nitrogens is 4. The smallest absolute Gasteiger partial charge is 0.407 e. The molecule has 4 aliphatic heterocycles. The fourth-order valence-electron chi connectivity index (χ4n) is 9.33. The number of likely N-dealkylation sites (tertiary alicyclic amines) is 1. The number of fused-ring (bicyclic) bond motifs is 4. The number of nitrogens with one attached hydrogen (secondary N) is 4. The summed E-state index contributed by atoms with van der Waals surface area (Å²) in [4.78, 5) is 44.8. The Kier molecular flexibility index (Phi) is 8.88. The van der Waals surface area contributed by atoms with Gasteiger partial charge >= 0.3 is 6.09 Å². The fraction of sp³-hybridized carbons (Fsp3) is 0.429. The van der Waals surface area contributed by atoms with Crippen LogP contribution in [0.4, 0.5) is 13.6 Å². The molecule has 4 fully saturated rings. The molecule has 1 aliphatic carbocycles. The molecule has 10 rings (SSSR count). The molecule has 1 spiro atoms. The first-order valence-electron chi connectivity index (χ1n) is 19.7. The van der Waals surface area contributed by atoms with Crippen molar-refractivity contribution in [2.24, 2.45) is 5.92 Å². The second-order valence-corrected chi connectivity index (χ2v) is 15.6. The van der Waals surface area contributed by atoms with Crippen molar-refractivity contribution in [1.82, 2.24) is 35.5 Å². The van der Waals surface area contributed by atoms with Gasteiger partial charge in [-0.2, -0.15) is 8.78 Å². The van der Waals surface area contributed by atoms with Gasteiger partial charge in [-0.1, -0.05) is 30.3 Å². The minimum Gasteiger partial charge on any atom is -0.453 e. The molecule has 4 saturated heterocycles. The minimum atomic E-state index is -3.21. The fourth-order valence-corrected chi connectivity index (χ4v) is 9.33. The van der Waals surface area contributed by atoms with Gasteiger partial charge in [-0.05, 0) is 84.7 Å². The van der Waals surface area contributed by atoms with Gasteiger partial charge in [-0.15, -0.1) is 0 Å². The highest BCUT2D eigenvalue weighted by molar-refractivity contribution is 5.88. The first kappa shape index (κ1) is 36.1. The molecule has 15 heteroatoms. The number of ether oxygens (including phenoxy) is 4. The zero-order valence-corrected chi connectivity index (χ0v) is 31.4. The van der Waals surface area contributed by atoms with Crippen LogP contribution in [0.3, 0.4) is 0 Å². The Morgan fingerprint density at radius 2 is 1.63 bits per heavy atom. The number of alkyl halides is 2. The molecule has 57 heavy (non-hydrogen) atoms. The molecule has 4 N–H and O–H groups in total. The van der Waals surface area contributed by atoms with Gasteiger partial charge in [0.25, 0.3) is 5.92 Å². The average molecular weight is 780 g/mol. The lowest BCUT2D eigenvalue weighted by Gasteiger charge is -2.34. The lowest BCUT2D eigenvalue weighted by atomic mass is 9.90. The van der Waals surface area contributed by atoms with Gasteiger partial charge < -0.3 is 44.4 Å². The second-order valence-electron chi connectivity index (χ2n) is 15.6. The summed E-state index contributed by atoms with van der Waals surface area (Å²) in [5.74, 6) is -3.28. The number of rotatable bonds is 7. The molecule has 2 aromatic heterocycles. The van der Waals surface area contributed by atoms with Crippen LogP contribution in [0, 0.1) is 5.92 Å². The van der Waals surface area contributed by atoms with Crippen molar-refractivity contribution in [2.45, 2.75) is 61.9 Å². The number of hydrogen-bond donors (Lipinski definition) is 4. The maximum absolute atomic E-state index is 16.4. The number of H-pyrrole nitrogens is 2. The van der Waals surface area contributed by atoms with Gasteiger partial charge in [0.2, 0.25) is 5.91 Å². The van der Waals surface area contributed by atoms with Crippen molar-refractivity contribution >= 4 is 23.0 Å². The van der Waals surface area contributed by atoms with E-state index in [0.717, 1.165) is 30.8 Å². The highest BCUT2D eigenvalue weighted by Gasteiger charge is 2.53. The molecule has 3 aromatic carbocycles. The average Bonchev–Trinajstić information content (AvgIpc) is 4.10. The van der Waals surface area contributed by atoms with Crippen molar-refractivity contribution in [1.29, 1.82) is 0 Å². The lowest BCUT2D eigenvalue weighted by Crippen LogP contribution is -2.54. The predicted octanol–water partition coefficient (Wildman–Crippen LogP) is 6.33. The maximum Gasteiger partial charge on any atom is 0.407 e. The predicted molar refractivity (Wildman–Crippen MR) is 204 cm³/mol. The number of halogens is 2. The Morgan fingerprint density at radius 1 is 0.912 bits per heavy atom. The summed E-state index contributed by atoms with van der Waals surface area (Å²) in [5, 5.41) is 6.21. The van der Waals surface area contributed by atoms with Crippen LogP contribution in [0.1, 0.15) is 67.0 Å². The summed E-state index contributed by atoms with van der Waals surface area (Å²) < 4.78 is 55.3. The number of nitrogens with zero attached hydrogens (tertiary/aromatic N) is 3. The molecule has 2 amide bonds. The van der Waals surface area contributed by atoms with Crippen molar-refractivity contribution in [2.75, 3.05) is 46.6 Å². The third-order valence-electron chi connectivity index (χ3n) is 12.3. The van der Waals surface area contributed by atoms with Crippen molar-refractivity contribution in [3.63, 3.8) is 0 Å². The van der Waals surface area contributed by atoms with Gasteiger partial charge in [-0.3, -0.25) is 4.79 Å². The topological polar surface area (TPSA) is 156 Å². The highest BCUT2D eigenvalue weighted by atomic mass is 19.3. The van der Waals surface area contributed by atoms with E-state index in [4.69, 9.17) is 23.9 Å². The molecule has 0 bridgehead atoms. The molecule has 296 valence electrons. The van der Waals surface area contributed by atoms with E-state index in [9.17, 15) is 9.59 Å². The normalized spacial score (nSPS) is 22.9. The van der Waals surface area contributed by atoms with E-state index in [1.807, 2.05) is 30.3 Å². The molecule has 6 heterocycles. The summed E-state index contributed by atoms with van der Waals surface area (Å²) in [6.07, 6.45) is 4.65. The SMILES string of the molecule is COC(=O)N[C@H](C(=O)N1CC2(C[C@H]1c1nc3ccc(-c4ccc5c(c4)C(F)(F)c4cc(-c6cnc(C7CCCN7)[nH]6)ccc4-5)cc3[nH]1)OCCO2)C1CCOCC1. The summed E-state index contributed by atoms with van der Waals surface area (Å²) >= 11 is 0. The van der Waals surface area contributed by atoms with Gasteiger partial charge in [0.1, 0.15) is 17.7 Å². The number of amides is 2. The van der Waals surface area contributed by atoms with E-state index in [2.05, 4.69) is 25.6 Å². The number of methoxy groups -OCH3 is 1. The van der Waals surface area contributed by atoms with Crippen molar-refractivity contribution < 1.29 is 37.3 Å². The number of aromatic amines is 2. The Morgan fingerprint density at radius 3 is 2.37 bits per heavy atom. The number of carbonyl (C=O) groups is 2. The standard InChI is InChI=1S/C42H43F2N7O6/c1-54-40(53)50-36(23-10-13-55-14-11-23)39(52)51-22-41(56-15-16-57-41)20-35(51)38-47-31-9-6-25(19-33(31)48-38)24-4-7-27-28-8-5-26(18-30(28)42(43,44)29(27)17-24)34-21-46-37(49-34)32-3-2-12-45-32/h4-9,17-19,21,23,32,35-36,45H,2-3,10-16,20,22H2,1H3,(H,46,49)(H,47,48)(H,50,53)/t32?,35-,36-/m0/s1. The Bertz CT molecular complexity index is 2360. The van der Waals surface area contributed by atoms with E-state index in [0.29, 0.717) is 90.5 Å². The van der Waals surface area contributed by atoms with E-state index in [1.54, 1.807) is 35.4 Å². The first-order chi connectivity index (χ1) is 27.7.